The van der Waals surface area contributed by atoms with E-state index in [2.05, 4.69) is 6.92 Å². The Bertz CT molecular complexity index is 385. The zero-order chi connectivity index (χ0) is 13.4. The molecule has 3 nitrogen and oxygen atoms in total. The molecule has 0 unspecified atom stereocenters. The molecule has 3 heteroatoms. The van der Waals surface area contributed by atoms with E-state index in [0.717, 1.165) is 24.8 Å². The van der Waals surface area contributed by atoms with Gasteiger partial charge in [0.2, 0.25) is 0 Å². The number of aryl methyl sites for hydroxylation is 1. The molecule has 0 atom stereocenters. The molecule has 0 aromatic heterocycles. The molecule has 0 fully saturated rings. The first-order valence-electron chi connectivity index (χ1n) is 6.66. The predicted molar refractivity (Wildman–Crippen MR) is 72.2 cm³/mol. The Labute approximate surface area is 109 Å². The third-order valence-corrected chi connectivity index (χ3v) is 2.56. The molecule has 0 saturated carbocycles. The highest BCUT2D eigenvalue weighted by Gasteiger charge is 2.16. The molecule has 0 spiro atoms. The van der Waals surface area contributed by atoms with Crippen LogP contribution in [0.25, 0.3) is 0 Å². The summed E-state index contributed by atoms with van der Waals surface area (Å²) in [7, 11) is 0. The van der Waals surface area contributed by atoms with Crippen molar-refractivity contribution in [2.24, 2.45) is 0 Å². The van der Waals surface area contributed by atoms with Crippen LogP contribution in [0, 0.1) is 0 Å². The Hall–Kier alpha value is -1.51. The van der Waals surface area contributed by atoms with Crippen molar-refractivity contribution in [2.45, 2.75) is 40.0 Å². The lowest BCUT2D eigenvalue weighted by Crippen LogP contribution is -2.10. The van der Waals surface area contributed by atoms with Crippen LogP contribution in [-0.4, -0.2) is 19.2 Å². The Balaban J connectivity index is 3.05. The van der Waals surface area contributed by atoms with Crippen LogP contribution in [0.15, 0.2) is 18.2 Å². The highest BCUT2D eigenvalue weighted by atomic mass is 16.5. The van der Waals surface area contributed by atoms with E-state index >= 15 is 0 Å². The molecule has 1 aromatic rings. The molecule has 0 aliphatic carbocycles. The molecule has 0 N–H and O–H groups in total. The minimum Gasteiger partial charge on any atom is -0.492 e. The Morgan fingerprint density at radius 3 is 2.56 bits per heavy atom. The van der Waals surface area contributed by atoms with Gasteiger partial charge >= 0.3 is 5.97 Å². The van der Waals surface area contributed by atoms with E-state index in [9.17, 15) is 4.79 Å². The number of benzene rings is 1. The first-order valence-corrected chi connectivity index (χ1v) is 6.66. The van der Waals surface area contributed by atoms with Crippen molar-refractivity contribution in [1.82, 2.24) is 0 Å². The maximum absolute atomic E-state index is 11.9. The van der Waals surface area contributed by atoms with E-state index in [0.29, 0.717) is 24.5 Å². The van der Waals surface area contributed by atoms with Gasteiger partial charge in [0.15, 0.2) is 0 Å². The summed E-state index contributed by atoms with van der Waals surface area (Å²) in [5.41, 5.74) is 1.62. The summed E-state index contributed by atoms with van der Waals surface area (Å²) in [6.07, 6.45) is 2.85. The average molecular weight is 250 g/mol. The first-order chi connectivity index (χ1) is 8.74. The lowest BCUT2D eigenvalue weighted by molar-refractivity contribution is 0.0521. The minimum atomic E-state index is -0.304. The number of para-hydroxylation sites is 1. The van der Waals surface area contributed by atoms with Gasteiger partial charge in [-0.15, -0.1) is 0 Å². The van der Waals surface area contributed by atoms with Crippen molar-refractivity contribution in [1.29, 1.82) is 0 Å². The molecular formula is C15H22O3. The first kappa shape index (κ1) is 14.6. The molecule has 0 aliphatic rings. The summed E-state index contributed by atoms with van der Waals surface area (Å²) in [5, 5.41) is 0. The van der Waals surface area contributed by atoms with Crippen molar-refractivity contribution in [3.8, 4) is 5.75 Å². The average Bonchev–Trinajstić information content (AvgIpc) is 2.37. The van der Waals surface area contributed by atoms with Crippen LogP contribution in [0.4, 0.5) is 0 Å². The van der Waals surface area contributed by atoms with Gasteiger partial charge in [-0.3, -0.25) is 0 Å². The molecule has 1 aromatic carbocycles. The topological polar surface area (TPSA) is 35.5 Å². The SMILES string of the molecule is CCCOc1c(CCC)cccc1C(=O)OCC. The fourth-order valence-corrected chi connectivity index (χ4v) is 1.80. The van der Waals surface area contributed by atoms with Crippen LogP contribution < -0.4 is 4.74 Å². The van der Waals surface area contributed by atoms with Crippen LogP contribution in [0.2, 0.25) is 0 Å². The molecule has 18 heavy (non-hydrogen) atoms. The largest absolute Gasteiger partial charge is 0.492 e. The summed E-state index contributed by atoms with van der Waals surface area (Å²) in [4.78, 5) is 11.9. The lowest BCUT2D eigenvalue weighted by atomic mass is 10.0. The number of ether oxygens (including phenoxy) is 2. The van der Waals surface area contributed by atoms with Gasteiger partial charge in [-0.1, -0.05) is 32.4 Å². The van der Waals surface area contributed by atoms with Gasteiger partial charge in [0, 0.05) is 0 Å². The summed E-state index contributed by atoms with van der Waals surface area (Å²) >= 11 is 0. The molecule has 0 radical (unpaired) electrons. The fraction of sp³-hybridized carbons (Fsp3) is 0.533. The molecule has 0 heterocycles. The molecule has 0 aliphatic heterocycles. The van der Waals surface area contributed by atoms with E-state index < -0.39 is 0 Å². The van der Waals surface area contributed by atoms with Crippen molar-refractivity contribution >= 4 is 5.97 Å². The van der Waals surface area contributed by atoms with Gasteiger partial charge in [-0.2, -0.15) is 0 Å². The third-order valence-electron chi connectivity index (χ3n) is 2.56. The van der Waals surface area contributed by atoms with Crippen LogP contribution in [0.5, 0.6) is 5.75 Å². The van der Waals surface area contributed by atoms with Gasteiger partial charge in [0.25, 0.3) is 0 Å². The molecule has 0 bridgehead atoms. The summed E-state index contributed by atoms with van der Waals surface area (Å²) in [6, 6.07) is 5.66. The van der Waals surface area contributed by atoms with E-state index in [1.54, 1.807) is 13.0 Å². The van der Waals surface area contributed by atoms with Crippen molar-refractivity contribution in [3.63, 3.8) is 0 Å². The number of esters is 1. The zero-order valence-electron chi connectivity index (χ0n) is 11.5. The Morgan fingerprint density at radius 1 is 1.17 bits per heavy atom. The molecule has 1 rings (SSSR count). The smallest absolute Gasteiger partial charge is 0.341 e. The minimum absolute atomic E-state index is 0.304. The van der Waals surface area contributed by atoms with E-state index in [1.807, 2.05) is 19.1 Å². The second kappa shape index (κ2) is 7.75. The molecule has 0 saturated heterocycles. The maximum atomic E-state index is 11.9. The molecule has 0 amide bonds. The number of hydrogen-bond donors (Lipinski definition) is 0. The Kier molecular flexibility index (Phi) is 6.26. The predicted octanol–water partition coefficient (Wildman–Crippen LogP) is 3.60. The van der Waals surface area contributed by atoms with Gasteiger partial charge in [0.05, 0.1) is 13.2 Å². The summed E-state index contributed by atoms with van der Waals surface area (Å²) < 4.78 is 10.8. The highest BCUT2D eigenvalue weighted by molar-refractivity contribution is 5.93. The van der Waals surface area contributed by atoms with E-state index in [1.165, 1.54) is 0 Å². The van der Waals surface area contributed by atoms with Crippen LogP contribution in [-0.2, 0) is 11.2 Å². The van der Waals surface area contributed by atoms with Gasteiger partial charge in [-0.05, 0) is 31.4 Å². The summed E-state index contributed by atoms with van der Waals surface area (Å²) in [6.45, 7) is 6.96. The summed E-state index contributed by atoms with van der Waals surface area (Å²) in [5.74, 6) is 0.390. The fourth-order valence-electron chi connectivity index (χ4n) is 1.80. The second-order valence-corrected chi connectivity index (χ2v) is 4.11. The van der Waals surface area contributed by atoms with E-state index in [-0.39, 0.29) is 5.97 Å². The Morgan fingerprint density at radius 2 is 1.94 bits per heavy atom. The van der Waals surface area contributed by atoms with Crippen molar-refractivity contribution in [2.75, 3.05) is 13.2 Å². The molecular weight excluding hydrogens is 228 g/mol. The number of carbonyl (C=O) groups excluding carboxylic acids is 1. The van der Waals surface area contributed by atoms with Crippen molar-refractivity contribution < 1.29 is 14.3 Å². The lowest BCUT2D eigenvalue weighted by Gasteiger charge is -2.14. The van der Waals surface area contributed by atoms with Crippen LogP contribution >= 0.6 is 0 Å². The van der Waals surface area contributed by atoms with Crippen molar-refractivity contribution in [3.05, 3.63) is 29.3 Å². The zero-order valence-corrected chi connectivity index (χ0v) is 11.5. The van der Waals surface area contributed by atoms with E-state index in [4.69, 9.17) is 9.47 Å². The second-order valence-electron chi connectivity index (χ2n) is 4.11. The molecule has 100 valence electrons. The van der Waals surface area contributed by atoms with Crippen LogP contribution in [0.3, 0.4) is 0 Å². The quantitative estimate of drug-likeness (QED) is 0.693. The van der Waals surface area contributed by atoms with Gasteiger partial charge < -0.3 is 9.47 Å². The van der Waals surface area contributed by atoms with Gasteiger partial charge in [-0.25, -0.2) is 4.79 Å². The number of hydrogen-bond acceptors (Lipinski definition) is 3. The number of carbonyl (C=O) groups is 1. The number of rotatable bonds is 7. The maximum Gasteiger partial charge on any atom is 0.341 e. The van der Waals surface area contributed by atoms with Gasteiger partial charge in [0.1, 0.15) is 11.3 Å². The van der Waals surface area contributed by atoms with Crippen LogP contribution in [0.1, 0.15) is 49.5 Å². The standard InChI is InChI=1S/C15H22O3/c1-4-8-12-9-7-10-13(15(16)17-6-3)14(12)18-11-5-2/h7,9-10H,4-6,8,11H2,1-3H3. The monoisotopic (exact) mass is 250 g/mol. The highest BCUT2D eigenvalue weighted by Crippen LogP contribution is 2.26. The normalized spacial score (nSPS) is 10.2. The third kappa shape index (κ3) is 3.76.